The molecule has 0 spiro atoms. The molecule has 0 radical (unpaired) electrons. The van der Waals surface area contributed by atoms with E-state index in [0.29, 0.717) is 24.5 Å². The predicted octanol–water partition coefficient (Wildman–Crippen LogP) is 4.28. The lowest BCUT2D eigenvalue weighted by Crippen LogP contribution is -2.35. The van der Waals surface area contributed by atoms with Gasteiger partial charge in [-0.3, -0.25) is 4.79 Å². The molecule has 1 aliphatic heterocycles. The van der Waals surface area contributed by atoms with E-state index in [4.69, 9.17) is 4.74 Å². The Morgan fingerprint density at radius 1 is 1.14 bits per heavy atom. The number of anilines is 1. The normalized spacial score (nSPS) is 15.4. The second kappa shape index (κ2) is 9.56. The van der Waals surface area contributed by atoms with Crippen LogP contribution in [0.2, 0.25) is 0 Å². The summed E-state index contributed by atoms with van der Waals surface area (Å²) in [5.41, 5.74) is 1.18. The van der Waals surface area contributed by atoms with Crippen LogP contribution in [-0.4, -0.2) is 38.8 Å². The van der Waals surface area contributed by atoms with E-state index in [1.54, 1.807) is 12.1 Å². The molecule has 154 valence electrons. The van der Waals surface area contributed by atoms with E-state index < -0.39 is 10.0 Å². The first-order valence-corrected chi connectivity index (χ1v) is 11.6. The van der Waals surface area contributed by atoms with Gasteiger partial charge >= 0.3 is 0 Å². The highest BCUT2D eigenvalue weighted by molar-refractivity contribution is 9.10. The summed E-state index contributed by atoms with van der Waals surface area (Å²) in [5.74, 6) is 0.0163. The van der Waals surface area contributed by atoms with Crippen molar-refractivity contribution >= 4 is 43.6 Å². The fourth-order valence-electron chi connectivity index (χ4n) is 3.16. The van der Waals surface area contributed by atoms with Crippen molar-refractivity contribution in [3.63, 3.8) is 0 Å². The Hall–Kier alpha value is -2.16. The minimum Gasteiger partial charge on any atom is -0.495 e. The lowest BCUT2D eigenvalue weighted by atomic mass is 10.2. The van der Waals surface area contributed by atoms with E-state index >= 15 is 0 Å². The molecule has 1 N–H and O–H groups in total. The highest BCUT2D eigenvalue weighted by atomic mass is 79.9. The summed E-state index contributed by atoms with van der Waals surface area (Å²) in [7, 11) is -2.13. The first-order chi connectivity index (χ1) is 13.9. The molecule has 3 rings (SSSR count). The summed E-state index contributed by atoms with van der Waals surface area (Å²) in [5, 5.41) is 2.72. The van der Waals surface area contributed by atoms with E-state index in [0.717, 1.165) is 29.3 Å². The first kappa shape index (κ1) is 21.5. The number of carbonyl (C=O) groups excluding carboxylic acids is 1. The van der Waals surface area contributed by atoms with Crippen LogP contribution in [0.1, 0.15) is 24.8 Å². The fraction of sp³-hybridized carbons (Fsp3) is 0.286. The van der Waals surface area contributed by atoms with Crippen molar-refractivity contribution in [3.8, 4) is 5.75 Å². The van der Waals surface area contributed by atoms with Gasteiger partial charge in [0.15, 0.2) is 0 Å². The third kappa shape index (κ3) is 5.46. The van der Waals surface area contributed by atoms with Gasteiger partial charge in [0, 0.05) is 23.6 Å². The topological polar surface area (TPSA) is 75.7 Å². The van der Waals surface area contributed by atoms with Crippen LogP contribution in [0.3, 0.4) is 0 Å². The quantitative estimate of drug-likeness (QED) is 0.628. The number of hydrogen-bond acceptors (Lipinski definition) is 4. The standard InChI is InChI=1S/C21H23BrN2O4S/c1-28-20-10-9-18(29(26,27)24-12-3-2-4-13-24)15-19(20)23-21(25)11-8-16-6-5-7-17(22)14-16/h5-11,14-15H,2-4,12-13H2,1H3,(H,23,25)/b11-8+. The summed E-state index contributed by atoms with van der Waals surface area (Å²) >= 11 is 3.39. The van der Waals surface area contributed by atoms with Crippen molar-refractivity contribution in [2.45, 2.75) is 24.2 Å². The van der Waals surface area contributed by atoms with Gasteiger partial charge in [0.1, 0.15) is 5.75 Å². The number of methoxy groups -OCH3 is 1. The van der Waals surface area contributed by atoms with E-state index in [1.807, 2.05) is 24.3 Å². The summed E-state index contributed by atoms with van der Waals surface area (Å²) in [4.78, 5) is 12.5. The Balaban J connectivity index is 1.81. The largest absolute Gasteiger partial charge is 0.495 e. The van der Waals surface area contributed by atoms with Crippen molar-refractivity contribution in [2.75, 3.05) is 25.5 Å². The molecule has 0 atom stereocenters. The number of halogens is 1. The van der Waals surface area contributed by atoms with E-state index in [1.165, 1.54) is 29.6 Å². The SMILES string of the molecule is COc1ccc(S(=O)(=O)N2CCCCC2)cc1NC(=O)/C=C/c1cccc(Br)c1. The van der Waals surface area contributed by atoms with Crippen molar-refractivity contribution in [2.24, 2.45) is 0 Å². The fourth-order valence-corrected chi connectivity index (χ4v) is 5.12. The highest BCUT2D eigenvalue weighted by Crippen LogP contribution is 2.30. The third-order valence-corrected chi connectivity index (χ3v) is 7.05. The Morgan fingerprint density at radius 2 is 1.90 bits per heavy atom. The van der Waals surface area contributed by atoms with Crippen LogP contribution in [0.4, 0.5) is 5.69 Å². The van der Waals surface area contributed by atoms with Crippen LogP contribution in [0, 0.1) is 0 Å². The van der Waals surface area contributed by atoms with Crippen LogP contribution in [0.5, 0.6) is 5.75 Å². The number of amides is 1. The number of sulfonamides is 1. The molecule has 0 bridgehead atoms. The molecule has 8 heteroatoms. The summed E-state index contributed by atoms with van der Waals surface area (Å²) in [6.07, 6.45) is 5.84. The molecule has 2 aromatic rings. The van der Waals surface area contributed by atoms with E-state index in [-0.39, 0.29) is 10.8 Å². The zero-order valence-corrected chi connectivity index (χ0v) is 18.5. The molecule has 1 heterocycles. The Labute approximate surface area is 179 Å². The number of carbonyl (C=O) groups is 1. The van der Waals surface area contributed by atoms with Crippen LogP contribution in [0.25, 0.3) is 6.08 Å². The molecule has 1 saturated heterocycles. The van der Waals surface area contributed by atoms with Gasteiger partial charge in [-0.25, -0.2) is 8.42 Å². The monoisotopic (exact) mass is 478 g/mol. The van der Waals surface area contributed by atoms with E-state index in [9.17, 15) is 13.2 Å². The highest BCUT2D eigenvalue weighted by Gasteiger charge is 2.26. The maximum atomic E-state index is 12.9. The van der Waals surface area contributed by atoms with Gasteiger partial charge in [-0.1, -0.05) is 34.5 Å². The second-order valence-corrected chi connectivity index (χ2v) is 9.56. The molecule has 1 amide bonds. The molecule has 2 aromatic carbocycles. The summed E-state index contributed by atoms with van der Waals surface area (Å²) in [6, 6.07) is 12.1. The lowest BCUT2D eigenvalue weighted by molar-refractivity contribution is -0.111. The number of nitrogens with one attached hydrogen (secondary N) is 1. The van der Waals surface area contributed by atoms with Gasteiger partial charge in [-0.15, -0.1) is 0 Å². The van der Waals surface area contributed by atoms with Crippen LogP contribution >= 0.6 is 15.9 Å². The number of piperidine rings is 1. The molecule has 1 aliphatic rings. The van der Waals surface area contributed by atoms with Gasteiger partial charge < -0.3 is 10.1 Å². The van der Waals surface area contributed by atoms with Crippen molar-refractivity contribution in [1.82, 2.24) is 4.31 Å². The number of nitrogens with zero attached hydrogens (tertiary/aromatic N) is 1. The smallest absolute Gasteiger partial charge is 0.248 e. The molecule has 1 fully saturated rings. The zero-order chi connectivity index (χ0) is 20.9. The first-order valence-electron chi connectivity index (χ1n) is 9.33. The van der Waals surface area contributed by atoms with E-state index in [2.05, 4.69) is 21.2 Å². The van der Waals surface area contributed by atoms with Gasteiger partial charge in [0.25, 0.3) is 0 Å². The molecular formula is C21H23BrN2O4S. The number of ether oxygens (including phenoxy) is 1. The van der Waals surface area contributed by atoms with Crippen molar-refractivity contribution in [3.05, 3.63) is 58.6 Å². The molecule has 6 nitrogen and oxygen atoms in total. The average molecular weight is 479 g/mol. The summed E-state index contributed by atoms with van der Waals surface area (Å²) in [6.45, 7) is 1.04. The van der Waals surface area contributed by atoms with Gasteiger partial charge in [0.05, 0.1) is 17.7 Å². The minimum absolute atomic E-state index is 0.145. The van der Waals surface area contributed by atoms with Crippen LogP contribution in [0.15, 0.2) is 57.9 Å². The summed E-state index contributed by atoms with van der Waals surface area (Å²) < 4.78 is 33.5. The zero-order valence-electron chi connectivity index (χ0n) is 16.1. The molecule has 0 aromatic heterocycles. The van der Waals surface area contributed by atoms with Crippen LogP contribution in [-0.2, 0) is 14.8 Å². The van der Waals surface area contributed by atoms with Crippen LogP contribution < -0.4 is 10.1 Å². The van der Waals surface area contributed by atoms with Gasteiger partial charge in [-0.05, 0) is 54.8 Å². The molecule has 0 unspecified atom stereocenters. The Morgan fingerprint density at radius 3 is 2.59 bits per heavy atom. The Bertz CT molecular complexity index is 1020. The minimum atomic E-state index is -3.60. The Kier molecular flexibility index (Phi) is 7.10. The number of hydrogen-bond donors (Lipinski definition) is 1. The van der Waals surface area contributed by atoms with Crippen molar-refractivity contribution in [1.29, 1.82) is 0 Å². The lowest BCUT2D eigenvalue weighted by Gasteiger charge is -2.26. The predicted molar refractivity (Wildman–Crippen MR) is 117 cm³/mol. The molecular weight excluding hydrogens is 456 g/mol. The maximum Gasteiger partial charge on any atom is 0.248 e. The maximum absolute atomic E-state index is 12.9. The average Bonchev–Trinajstić information content (AvgIpc) is 2.73. The van der Waals surface area contributed by atoms with Gasteiger partial charge in [-0.2, -0.15) is 4.31 Å². The third-order valence-electron chi connectivity index (χ3n) is 4.66. The second-order valence-electron chi connectivity index (χ2n) is 6.70. The molecule has 0 saturated carbocycles. The number of rotatable bonds is 6. The van der Waals surface area contributed by atoms with Crippen molar-refractivity contribution < 1.29 is 17.9 Å². The molecule has 0 aliphatic carbocycles. The number of benzene rings is 2. The molecule has 29 heavy (non-hydrogen) atoms. The van der Waals surface area contributed by atoms with Gasteiger partial charge in [0.2, 0.25) is 15.9 Å².